The van der Waals surface area contributed by atoms with Crippen LogP contribution in [0.15, 0.2) is 83.9 Å². The van der Waals surface area contributed by atoms with Crippen LogP contribution in [0.5, 0.6) is 0 Å². The maximum Gasteiger partial charge on any atom is 0.258 e. The van der Waals surface area contributed by atoms with E-state index in [-0.39, 0.29) is 24.7 Å². The molecular weight excluding hydrogens is 526 g/mol. The molecule has 216 valence electrons. The Labute approximate surface area is 246 Å². The van der Waals surface area contributed by atoms with Gasteiger partial charge in [-0.1, -0.05) is 60.2 Å². The molecule has 1 aromatic heterocycles. The lowest BCUT2D eigenvalue weighted by molar-refractivity contribution is -0.114. The molecule has 0 spiro atoms. The Kier molecular flexibility index (Phi) is 8.28. The van der Waals surface area contributed by atoms with Crippen LogP contribution >= 0.6 is 0 Å². The molecule has 2 aromatic carbocycles. The van der Waals surface area contributed by atoms with Crippen LogP contribution in [0.2, 0.25) is 0 Å². The number of nitrogens with zero attached hydrogens (tertiary/aromatic N) is 4. The number of fused-ring (bicyclic) bond motifs is 1. The van der Waals surface area contributed by atoms with E-state index < -0.39 is 0 Å². The second-order valence-corrected chi connectivity index (χ2v) is 11.4. The second-order valence-electron chi connectivity index (χ2n) is 11.4. The number of ketones is 1. The number of allylic oxidation sites excluding steroid dienone is 4. The van der Waals surface area contributed by atoms with Gasteiger partial charge in [-0.3, -0.25) is 24.1 Å². The van der Waals surface area contributed by atoms with Crippen LogP contribution in [0.1, 0.15) is 44.6 Å². The lowest BCUT2D eigenvalue weighted by atomic mass is 9.93. The molecule has 1 amide bonds. The molecule has 3 aromatic rings. The Bertz CT molecular complexity index is 1570. The Balaban J connectivity index is 1.09. The minimum atomic E-state index is -0.244. The van der Waals surface area contributed by atoms with Gasteiger partial charge in [0.05, 0.1) is 24.9 Å². The number of rotatable bonds is 9. The summed E-state index contributed by atoms with van der Waals surface area (Å²) in [7, 11) is 0. The van der Waals surface area contributed by atoms with Crippen LogP contribution in [-0.2, 0) is 24.3 Å². The Morgan fingerprint density at radius 1 is 0.976 bits per heavy atom. The number of carbonyl (C=O) groups excluding carboxylic acids is 2. The average molecular weight is 564 g/mol. The zero-order chi connectivity index (χ0) is 29.1. The number of hydrogen-bond donors (Lipinski definition) is 2. The maximum atomic E-state index is 13.0. The van der Waals surface area contributed by atoms with Crippen molar-refractivity contribution in [3.05, 3.63) is 117 Å². The van der Waals surface area contributed by atoms with Crippen LogP contribution in [0, 0.1) is 6.92 Å². The fourth-order valence-corrected chi connectivity index (χ4v) is 5.84. The lowest BCUT2D eigenvalue weighted by Crippen LogP contribution is -2.46. The number of benzene rings is 2. The third-order valence-electron chi connectivity index (χ3n) is 8.28. The van der Waals surface area contributed by atoms with Crippen LogP contribution < -0.4 is 5.32 Å². The average Bonchev–Trinajstić information content (AvgIpc) is 3.63. The van der Waals surface area contributed by atoms with E-state index >= 15 is 0 Å². The number of carbonyl (C=O) groups is 2. The van der Waals surface area contributed by atoms with Gasteiger partial charge >= 0.3 is 0 Å². The lowest BCUT2D eigenvalue weighted by Gasteiger charge is -2.34. The first-order valence-electron chi connectivity index (χ1n) is 14.7. The number of aromatic nitrogens is 2. The predicted molar refractivity (Wildman–Crippen MR) is 163 cm³/mol. The molecule has 1 saturated heterocycles. The second kappa shape index (κ2) is 12.4. The van der Waals surface area contributed by atoms with E-state index in [1.54, 1.807) is 23.2 Å². The van der Waals surface area contributed by atoms with Gasteiger partial charge in [0.15, 0.2) is 5.78 Å². The van der Waals surface area contributed by atoms with E-state index in [4.69, 9.17) is 0 Å². The van der Waals surface area contributed by atoms with Gasteiger partial charge in [-0.25, -0.2) is 0 Å². The molecule has 3 aliphatic rings. The summed E-state index contributed by atoms with van der Waals surface area (Å²) in [6.07, 6.45) is 10.0. The van der Waals surface area contributed by atoms with Crippen molar-refractivity contribution >= 4 is 17.8 Å². The predicted octanol–water partition coefficient (Wildman–Crippen LogP) is 3.50. The molecule has 42 heavy (non-hydrogen) atoms. The van der Waals surface area contributed by atoms with Crippen LogP contribution in [-0.4, -0.2) is 75.7 Å². The van der Waals surface area contributed by atoms with Gasteiger partial charge in [0, 0.05) is 63.2 Å². The summed E-state index contributed by atoms with van der Waals surface area (Å²) in [4.78, 5) is 30.7. The van der Waals surface area contributed by atoms with Gasteiger partial charge < -0.3 is 10.4 Å². The highest BCUT2D eigenvalue weighted by molar-refractivity contribution is 6.04. The topological polar surface area (TPSA) is 90.7 Å². The fraction of sp³-hybridized carbons (Fsp3) is 0.324. The summed E-state index contributed by atoms with van der Waals surface area (Å²) >= 11 is 0. The van der Waals surface area contributed by atoms with Gasteiger partial charge in [0.25, 0.3) is 5.91 Å². The van der Waals surface area contributed by atoms with Crippen molar-refractivity contribution in [2.45, 2.75) is 32.9 Å². The van der Waals surface area contributed by atoms with Gasteiger partial charge in [0.1, 0.15) is 0 Å². The summed E-state index contributed by atoms with van der Waals surface area (Å²) in [5.41, 5.74) is 8.74. The van der Waals surface area contributed by atoms with Crippen molar-refractivity contribution in [1.29, 1.82) is 0 Å². The number of amides is 1. The molecule has 8 nitrogen and oxygen atoms in total. The van der Waals surface area contributed by atoms with Crippen molar-refractivity contribution in [2.75, 3.05) is 39.3 Å². The first-order chi connectivity index (χ1) is 20.4. The van der Waals surface area contributed by atoms with Gasteiger partial charge in [0.2, 0.25) is 0 Å². The fourth-order valence-electron chi connectivity index (χ4n) is 5.84. The summed E-state index contributed by atoms with van der Waals surface area (Å²) < 4.78 is 1.76. The normalized spacial score (nSPS) is 17.5. The molecule has 0 bridgehead atoms. The van der Waals surface area contributed by atoms with Crippen molar-refractivity contribution in [3.63, 3.8) is 0 Å². The van der Waals surface area contributed by atoms with E-state index in [1.807, 2.05) is 6.08 Å². The third-order valence-corrected chi connectivity index (χ3v) is 8.28. The highest BCUT2D eigenvalue weighted by Gasteiger charge is 2.24. The van der Waals surface area contributed by atoms with Crippen molar-refractivity contribution in [2.24, 2.45) is 0 Å². The van der Waals surface area contributed by atoms with Crippen molar-refractivity contribution in [1.82, 2.24) is 24.9 Å². The minimum absolute atomic E-state index is 0.0685. The summed E-state index contributed by atoms with van der Waals surface area (Å²) in [6, 6.07) is 14.9. The number of aryl methyl sites for hydroxylation is 1. The highest BCUT2D eigenvalue weighted by atomic mass is 16.3. The van der Waals surface area contributed by atoms with Crippen LogP contribution in [0.3, 0.4) is 0 Å². The monoisotopic (exact) mass is 563 g/mol. The number of nitrogens with one attached hydrogen (secondary N) is 1. The van der Waals surface area contributed by atoms with Crippen molar-refractivity contribution in [3.8, 4) is 0 Å². The number of aliphatic hydroxyl groups is 1. The third kappa shape index (κ3) is 6.51. The van der Waals surface area contributed by atoms with Gasteiger partial charge in [-0.15, -0.1) is 0 Å². The highest BCUT2D eigenvalue weighted by Crippen LogP contribution is 2.33. The molecule has 2 heterocycles. The van der Waals surface area contributed by atoms with E-state index in [2.05, 4.69) is 75.7 Å². The Hall–Kier alpha value is -4.11. The molecule has 6 rings (SSSR count). The molecule has 1 fully saturated rings. The first-order valence-corrected chi connectivity index (χ1v) is 14.7. The number of piperazine rings is 1. The molecule has 2 N–H and O–H groups in total. The first kappa shape index (κ1) is 28.0. The number of Topliss-reactive ketones (excluding diaryl/α,β-unsaturated/α-hetero) is 1. The molecule has 8 heteroatoms. The summed E-state index contributed by atoms with van der Waals surface area (Å²) in [6.45, 7) is 8.44. The molecule has 1 aliphatic heterocycles. The van der Waals surface area contributed by atoms with E-state index in [0.717, 1.165) is 56.0 Å². The van der Waals surface area contributed by atoms with E-state index in [0.29, 0.717) is 29.8 Å². The SMILES string of the molecule is Cc1ccc(Cn2cc(C(=O)NC3=CCC(=O)C(C4=Cc5cc(CN6CCN(CCO)CC6)ccc5C4)=C3)cn2)cc1. The summed E-state index contributed by atoms with van der Waals surface area (Å²) in [5.74, 6) is -0.175. The van der Waals surface area contributed by atoms with E-state index in [9.17, 15) is 14.7 Å². The molecular formula is C34H37N5O3. The Morgan fingerprint density at radius 3 is 2.52 bits per heavy atom. The largest absolute Gasteiger partial charge is 0.395 e. The molecule has 0 saturated carbocycles. The van der Waals surface area contributed by atoms with Crippen molar-refractivity contribution < 1.29 is 14.7 Å². The van der Waals surface area contributed by atoms with Gasteiger partial charge in [-0.2, -0.15) is 5.10 Å². The maximum absolute atomic E-state index is 13.0. The van der Waals surface area contributed by atoms with Crippen LogP contribution in [0.25, 0.3) is 6.08 Å². The zero-order valence-electron chi connectivity index (χ0n) is 24.1. The quantitative estimate of drug-likeness (QED) is 0.414. The molecule has 0 atom stereocenters. The smallest absolute Gasteiger partial charge is 0.258 e. The zero-order valence-corrected chi connectivity index (χ0v) is 24.1. The van der Waals surface area contributed by atoms with Gasteiger partial charge in [-0.05, 0) is 47.2 Å². The number of aliphatic hydroxyl groups excluding tert-OH is 1. The number of hydrogen-bond acceptors (Lipinski definition) is 6. The molecule has 0 unspecified atom stereocenters. The Morgan fingerprint density at radius 2 is 1.74 bits per heavy atom. The standard InChI is InChI=1S/C34H37N5O3/c1-24-2-4-25(5-3-24)22-39-23-30(20-35-39)34(42)36-31-8-9-33(41)32(19-31)29-17-27-7-6-26(16-28(27)18-29)21-38-12-10-37(11-13-38)14-15-40/h2-8,16,18-20,23,40H,9-15,17,21-22H2,1H3,(H,36,42). The van der Waals surface area contributed by atoms with Crippen LogP contribution in [0.4, 0.5) is 0 Å². The summed E-state index contributed by atoms with van der Waals surface area (Å²) in [5, 5.41) is 16.5. The van der Waals surface area contributed by atoms with E-state index in [1.165, 1.54) is 16.7 Å². The molecule has 0 radical (unpaired) electrons. The minimum Gasteiger partial charge on any atom is -0.395 e. The molecule has 2 aliphatic carbocycles. The number of β-amino-alcohol motifs (C(OH)–C–C–N with tert-alkyl or cyclic N) is 1.